The molecule has 4 heterocycles. The fraction of sp³-hybridized carbons (Fsp3) is 0.455. The molecule has 178 valence electrons. The molecule has 1 saturated heterocycles. The number of likely N-dealkylation sites (N-methyl/N-ethyl adjacent to an activating group) is 1. The first-order chi connectivity index (χ1) is 16.3. The lowest BCUT2D eigenvalue weighted by Gasteiger charge is -2.53. The molecule has 2 amide bonds. The number of rotatable bonds is 7. The number of nitrogens with zero attached hydrogens (tertiary/aromatic N) is 7. The maximum Gasteiger partial charge on any atom is 0.273 e. The third-order valence-corrected chi connectivity index (χ3v) is 6.51. The van der Waals surface area contributed by atoms with Crippen LogP contribution < -0.4 is 20.9 Å². The number of fused-ring (bicyclic) bond motifs is 1. The normalized spacial score (nSPS) is 16.9. The molecule has 0 spiro atoms. The lowest BCUT2D eigenvalue weighted by atomic mass is 9.90. The number of carbonyl (C=O) groups is 2. The highest BCUT2D eigenvalue weighted by atomic mass is 16.2. The van der Waals surface area contributed by atoms with Crippen molar-refractivity contribution in [2.24, 2.45) is 5.92 Å². The van der Waals surface area contributed by atoms with Crippen LogP contribution in [0.1, 0.15) is 30.3 Å². The Balaban J connectivity index is 1.38. The first kappa shape index (κ1) is 22.0. The summed E-state index contributed by atoms with van der Waals surface area (Å²) in [6.45, 7) is 4.10. The molecule has 2 fully saturated rings. The fourth-order valence-corrected chi connectivity index (χ4v) is 3.88. The van der Waals surface area contributed by atoms with Gasteiger partial charge < -0.3 is 25.8 Å². The zero-order valence-electron chi connectivity index (χ0n) is 19.7. The number of aromatic nitrogens is 5. The first-order valence-corrected chi connectivity index (χ1v) is 11.2. The molecular formula is C22H28N10O2. The van der Waals surface area contributed by atoms with E-state index in [1.165, 1.54) is 7.05 Å². The Labute approximate surface area is 196 Å². The van der Waals surface area contributed by atoms with Gasteiger partial charge in [0.25, 0.3) is 5.91 Å². The second-order valence-electron chi connectivity index (χ2n) is 9.33. The summed E-state index contributed by atoms with van der Waals surface area (Å²) in [4.78, 5) is 33.5. The topological polar surface area (TPSA) is 133 Å². The van der Waals surface area contributed by atoms with Crippen molar-refractivity contribution in [1.82, 2.24) is 35.0 Å². The van der Waals surface area contributed by atoms with Crippen molar-refractivity contribution in [2.45, 2.75) is 25.3 Å². The molecule has 3 N–H and O–H groups in total. The maximum absolute atomic E-state index is 12.3. The lowest BCUT2D eigenvalue weighted by molar-refractivity contribution is -0.117. The number of hydrogen-bond acceptors (Lipinski definition) is 9. The molecule has 12 heteroatoms. The van der Waals surface area contributed by atoms with E-state index >= 15 is 0 Å². The number of amides is 2. The Morgan fingerprint density at radius 1 is 1.18 bits per heavy atom. The van der Waals surface area contributed by atoms with Crippen molar-refractivity contribution in [3.05, 3.63) is 30.1 Å². The third-order valence-electron chi connectivity index (χ3n) is 6.51. The number of anilines is 4. The quantitative estimate of drug-likeness (QED) is 0.470. The van der Waals surface area contributed by atoms with Crippen LogP contribution in [-0.2, 0) is 4.79 Å². The number of pyridine rings is 1. The van der Waals surface area contributed by atoms with Gasteiger partial charge in [-0.2, -0.15) is 4.98 Å². The van der Waals surface area contributed by atoms with E-state index in [0.717, 1.165) is 31.6 Å². The SMILES string of the molecule is CNC(=O)c1nnc(NC(=O)C2CC2)cc1Nc1nc2ccc(N3CC(C)(N(C)C)C3)cn2n1. The molecule has 0 bridgehead atoms. The van der Waals surface area contributed by atoms with Crippen LogP contribution in [0.4, 0.5) is 23.1 Å². The van der Waals surface area contributed by atoms with Gasteiger partial charge in [-0.1, -0.05) is 0 Å². The summed E-state index contributed by atoms with van der Waals surface area (Å²) >= 11 is 0. The summed E-state index contributed by atoms with van der Waals surface area (Å²) in [5.41, 5.74) is 2.30. The molecular weight excluding hydrogens is 436 g/mol. The van der Waals surface area contributed by atoms with Crippen LogP contribution in [0.5, 0.6) is 0 Å². The van der Waals surface area contributed by atoms with Crippen LogP contribution in [0.3, 0.4) is 0 Å². The molecule has 5 rings (SSSR count). The van der Waals surface area contributed by atoms with Crippen LogP contribution in [0, 0.1) is 5.92 Å². The van der Waals surface area contributed by atoms with Crippen molar-refractivity contribution >= 4 is 40.6 Å². The number of nitrogens with one attached hydrogen (secondary N) is 3. The highest BCUT2D eigenvalue weighted by molar-refractivity contribution is 5.99. The highest BCUT2D eigenvalue weighted by Gasteiger charge is 2.40. The van der Waals surface area contributed by atoms with Crippen molar-refractivity contribution in [3.8, 4) is 0 Å². The van der Waals surface area contributed by atoms with E-state index in [0.29, 0.717) is 17.3 Å². The van der Waals surface area contributed by atoms with E-state index in [4.69, 9.17) is 0 Å². The van der Waals surface area contributed by atoms with E-state index in [9.17, 15) is 9.59 Å². The summed E-state index contributed by atoms with van der Waals surface area (Å²) < 4.78 is 1.70. The van der Waals surface area contributed by atoms with Gasteiger partial charge in [-0.15, -0.1) is 15.3 Å². The predicted molar refractivity (Wildman–Crippen MR) is 127 cm³/mol. The Morgan fingerprint density at radius 3 is 2.62 bits per heavy atom. The molecule has 1 saturated carbocycles. The van der Waals surface area contributed by atoms with Crippen molar-refractivity contribution in [2.75, 3.05) is 49.8 Å². The van der Waals surface area contributed by atoms with Crippen LogP contribution in [-0.4, -0.2) is 81.3 Å². The minimum atomic E-state index is -0.414. The summed E-state index contributed by atoms with van der Waals surface area (Å²) in [5.74, 6) is 0.0787. The average Bonchev–Trinajstić information content (AvgIpc) is 3.56. The van der Waals surface area contributed by atoms with Gasteiger partial charge >= 0.3 is 0 Å². The molecule has 0 unspecified atom stereocenters. The Morgan fingerprint density at radius 2 is 1.94 bits per heavy atom. The van der Waals surface area contributed by atoms with Crippen molar-refractivity contribution in [1.29, 1.82) is 0 Å². The molecule has 12 nitrogen and oxygen atoms in total. The fourth-order valence-electron chi connectivity index (χ4n) is 3.88. The molecule has 3 aromatic heterocycles. The standard InChI is InChI=1S/C22H28N10O2/c1-22(30(3)4)11-31(12-22)14-7-8-17-26-21(29-32(17)10-14)24-15-9-16(25-19(33)13-5-6-13)27-28-18(15)20(34)23-2/h7-10,13H,5-6,11-12H2,1-4H3,(H,23,34)(H2,24,25,27,29,33). The molecule has 34 heavy (non-hydrogen) atoms. The van der Waals surface area contributed by atoms with Gasteiger partial charge in [0.05, 0.1) is 23.1 Å². The second kappa shape index (κ2) is 8.20. The molecule has 1 aliphatic carbocycles. The Hall–Kier alpha value is -3.80. The molecule has 0 atom stereocenters. The maximum atomic E-state index is 12.3. The summed E-state index contributed by atoms with van der Waals surface area (Å²) in [5, 5.41) is 20.9. The molecule has 3 aromatic rings. The van der Waals surface area contributed by atoms with Crippen LogP contribution in [0.15, 0.2) is 24.4 Å². The third kappa shape index (κ3) is 4.12. The molecule has 0 aromatic carbocycles. The van der Waals surface area contributed by atoms with E-state index in [1.54, 1.807) is 10.6 Å². The van der Waals surface area contributed by atoms with Gasteiger partial charge in [-0.3, -0.25) is 9.59 Å². The van der Waals surface area contributed by atoms with E-state index in [2.05, 4.69) is 67.0 Å². The van der Waals surface area contributed by atoms with Gasteiger partial charge in [-0.05, 0) is 46.0 Å². The monoisotopic (exact) mass is 464 g/mol. The van der Waals surface area contributed by atoms with E-state index < -0.39 is 5.91 Å². The van der Waals surface area contributed by atoms with Crippen LogP contribution >= 0.6 is 0 Å². The number of carbonyl (C=O) groups excluding carboxylic acids is 2. The van der Waals surface area contributed by atoms with Crippen molar-refractivity contribution < 1.29 is 9.59 Å². The predicted octanol–water partition coefficient (Wildman–Crippen LogP) is 1.11. The smallest absolute Gasteiger partial charge is 0.273 e. The van der Waals surface area contributed by atoms with Crippen LogP contribution in [0.2, 0.25) is 0 Å². The zero-order chi connectivity index (χ0) is 24.0. The largest absolute Gasteiger partial charge is 0.366 e. The Kier molecular flexibility index (Phi) is 5.31. The zero-order valence-corrected chi connectivity index (χ0v) is 19.7. The summed E-state index contributed by atoms with van der Waals surface area (Å²) in [6, 6.07) is 5.50. The van der Waals surface area contributed by atoms with Gasteiger partial charge in [0.1, 0.15) is 0 Å². The molecule has 0 radical (unpaired) electrons. The average molecular weight is 465 g/mol. The Bertz CT molecular complexity index is 1260. The van der Waals surface area contributed by atoms with E-state index in [-0.39, 0.29) is 28.9 Å². The van der Waals surface area contributed by atoms with Gasteiger partial charge in [0.15, 0.2) is 17.2 Å². The van der Waals surface area contributed by atoms with Crippen molar-refractivity contribution in [3.63, 3.8) is 0 Å². The summed E-state index contributed by atoms with van der Waals surface area (Å²) in [7, 11) is 5.71. The van der Waals surface area contributed by atoms with E-state index in [1.807, 2.05) is 18.3 Å². The minimum absolute atomic E-state index is 0.0214. The number of hydrogen-bond donors (Lipinski definition) is 3. The van der Waals surface area contributed by atoms with Gasteiger partial charge in [-0.25, -0.2) is 4.52 Å². The van der Waals surface area contributed by atoms with Gasteiger partial charge in [0, 0.05) is 32.1 Å². The molecule has 1 aliphatic heterocycles. The summed E-state index contributed by atoms with van der Waals surface area (Å²) in [6.07, 6.45) is 3.69. The first-order valence-electron chi connectivity index (χ1n) is 11.2. The minimum Gasteiger partial charge on any atom is -0.366 e. The molecule has 2 aliphatic rings. The highest BCUT2D eigenvalue weighted by Crippen LogP contribution is 2.32. The van der Waals surface area contributed by atoms with Gasteiger partial charge in [0.2, 0.25) is 11.9 Å². The lowest BCUT2D eigenvalue weighted by Crippen LogP contribution is -2.67. The van der Waals surface area contributed by atoms with Crippen LogP contribution in [0.25, 0.3) is 5.65 Å². The second-order valence-corrected chi connectivity index (χ2v) is 9.33.